The lowest BCUT2D eigenvalue weighted by Gasteiger charge is -2.21. The maximum Gasteiger partial charge on any atom is 0.230 e. The molecule has 0 atom stereocenters. The third-order valence-corrected chi connectivity index (χ3v) is 7.15. The Morgan fingerprint density at radius 3 is 2.74 bits per heavy atom. The Morgan fingerprint density at radius 1 is 1.11 bits per heavy atom. The summed E-state index contributed by atoms with van der Waals surface area (Å²) in [5.74, 6) is 2.31. The minimum Gasteiger partial charge on any atom is -0.326 e. The van der Waals surface area contributed by atoms with Crippen LogP contribution in [0, 0.1) is 0 Å². The summed E-state index contributed by atoms with van der Waals surface area (Å²) < 4.78 is 0.460. The SMILES string of the molecule is O=C(Cc1cnn(-c2ccccc2)n1)Nc1cccc(C2SCCCS2)c1. The Labute approximate surface area is 166 Å². The number of para-hydroxylation sites is 1. The average Bonchev–Trinajstić information content (AvgIpc) is 3.18. The molecule has 2 aromatic carbocycles. The third-order valence-electron chi connectivity index (χ3n) is 4.14. The first-order valence-electron chi connectivity index (χ1n) is 8.87. The van der Waals surface area contributed by atoms with Crippen molar-refractivity contribution in [2.75, 3.05) is 16.8 Å². The minimum atomic E-state index is -0.0868. The molecule has 1 aliphatic rings. The average molecular weight is 397 g/mol. The molecular formula is C20H20N4OS2. The number of rotatable bonds is 5. The van der Waals surface area contributed by atoms with E-state index in [1.165, 1.54) is 23.5 Å². The Bertz CT molecular complexity index is 907. The van der Waals surface area contributed by atoms with Crippen LogP contribution in [0.3, 0.4) is 0 Å². The lowest BCUT2D eigenvalue weighted by Crippen LogP contribution is -2.15. The smallest absolute Gasteiger partial charge is 0.230 e. The van der Waals surface area contributed by atoms with E-state index in [0.29, 0.717) is 10.3 Å². The summed E-state index contributed by atoms with van der Waals surface area (Å²) in [5, 5.41) is 11.6. The number of carbonyl (C=O) groups excluding carboxylic acids is 1. The van der Waals surface area contributed by atoms with Crippen LogP contribution in [0.1, 0.15) is 22.3 Å². The number of hydrogen-bond donors (Lipinski definition) is 1. The van der Waals surface area contributed by atoms with E-state index in [-0.39, 0.29) is 12.3 Å². The molecule has 0 saturated carbocycles. The fraction of sp³-hybridized carbons (Fsp3) is 0.250. The molecule has 5 nitrogen and oxygen atoms in total. The normalized spacial score (nSPS) is 14.8. The van der Waals surface area contributed by atoms with Gasteiger partial charge in [0.1, 0.15) is 0 Å². The number of carbonyl (C=O) groups is 1. The molecule has 0 unspecified atom stereocenters. The maximum absolute atomic E-state index is 12.4. The molecule has 0 spiro atoms. The highest BCUT2D eigenvalue weighted by Gasteiger charge is 2.17. The van der Waals surface area contributed by atoms with E-state index in [1.54, 1.807) is 11.0 Å². The highest BCUT2D eigenvalue weighted by atomic mass is 32.2. The Balaban J connectivity index is 1.39. The van der Waals surface area contributed by atoms with Crippen molar-refractivity contribution in [3.05, 3.63) is 72.1 Å². The topological polar surface area (TPSA) is 59.8 Å². The van der Waals surface area contributed by atoms with Crippen molar-refractivity contribution in [3.8, 4) is 5.69 Å². The molecule has 0 radical (unpaired) electrons. The second-order valence-corrected chi connectivity index (χ2v) is 8.96. The second-order valence-electron chi connectivity index (χ2n) is 6.24. The quantitative estimate of drug-likeness (QED) is 0.696. The summed E-state index contributed by atoms with van der Waals surface area (Å²) >= 11 is 3.95. The van der Waals surface area contributed by atoms with Crippen molar-refractivity contribution in [2.45, 2.75) is 17.4 Å². The van der Waals surface area contributed by atoms with Crippen molar-refractivity contribution < 1.29 is 4.79 Å². The largest absolute Gasteiger partial charge is 0.326 e. The molecule has 0 aliphatic carbocycles. The van der Waals surface area contributed by atoms with Gasteiger partial charge in [-0.1, -0.05) is 30.3 Å². The Morgan fingerprint density at radius 2 is 1.93 bits per heavy atom. The molecule has 1 fully saturated rings. The van der Waals surface area contributed by atoms with Crippen LogP contribution < -0.4 is 5.32 Å². The van der Waals surface area contributed by atoms with Gasteiger partial charge in [-0.3, -0.25) is 4.79 Å². The number of anilines is 1. The van der Waals surface area contributed by atoms with Gasteiger partial charge in [0.15, 0.2) is 0 Å². The standard InChI is InChI=1S/C20H20N4OS2/c25-19(13-17-14-21-24(23-17)18-8-2-1-3-9-18)22-16-7-4-6-15(12-16)20-26-10-5-11-27-20/h1-4,6-9,12,14,20H,5,10-11,13H2,(H,22,25). The molecule has 1 amide bonds. The van der Waals surface area contributed by atoms with Gasteiger partial charge in [-0.2, -0.15) is 15.0 Å². The summed E-state index contributed by atoms with van der Waals surface area (Å²) in [4.78, 5) is 14.0. The van der Waals surface area contributed by atoms with E-state index in [4.69, 9.17) is 0 Å². The molecule has 1 aliphatic heterocycles. The highest BCUT2D eigenvalue weighted by molar-refractivity contribution is 8.16. The van der Waals surface area contributed by atoms with Crippen molar-refractivity contribution in [3.63, 3.8) is 0 Å². The van der Waals surface area contributed by atoms with Gasteiger partial charge in [-0.05, 0) is 47.8 Å². The van der Waals surface area contributed by atoms with E-state index >= 15 is 0 Å². The summed E-state index contributed by atoms with van der Waals surface area (Å²) in [5.41, 5.74) is 3.61. The van der Waals surface area contributed by atoms with Crippen molar-refractivity contribution >= 4 is 35.1 Å². The number of hydrogen-bond acceptors (Lipinski definition) is 5. The van der Waals surface area contributed by atoms with E-state index in [2.05, 4.69) is 27.6 Å². The lowest BCUT2D eigenvalue weighted by atomic mass is 10.2. The van der Waals surface area contributed by atoms with Crippen LogP contribution in [0.25, 0.3) is 5.69 Å². The van der Waals surface area contributed by atoms with Crippen LogP contribution >= 0.6 is 23.5 Å². The fourth-order valence-corrected chi connectivity index (χ4v) is 5.75. The zero-order valence-electron chi connectivity index (χ0n) is 14.7. The molecule has 3 aromatic rings. The van der Waals surface area contributed by atoms with Gasteiger partial charge in [0, 0.05) is 5.69 Å². The number of nitrogens with zero attached hydrogens (tertiary/aromatic N) is 3. The minimum absolute atomic E-state index is 0.0868. The van der Waals surface area contributed by atoms with Gasteiger partial charge in [-0.25, -0.2) is 0 Å². The summed E-state index contributed by atoms with van der Waals surface area (Å²) in [6, 6.07) is 17.8. The summed E-state index contributed by atoms with van der Waals surface area (Å²) in [7, 11) is 0. The van der Waals surface area contributed by atoms with Gasteiger partial charge >= 0.3 is 0 Å². The van der Waals surface area contributed by atoms with Crippen molar-refractivity contribution in [1.29, 1.82) is 0 Å². The number of benzene rings is 2. The van der Waals surface area contributed by atoms with E-state index in [0.717, 1.165) is 11.4 Å². The highest BCUT2D eigenvalue weighted by Crippen LogP contribution is 2.44. The monoisotopic (exact) mass is 396 g/mol. The molecule has 1 N–H and O–H groups in total. The number of aromatic nitrogens is 3. The predicted octanol–water partition coefficient (Wildman–Crippen LogP) is 4.32. The van der Waals surface area contributed by atoms with Crippen LogP contribution in [0.2, 0.25) is 0 Å². The van der Waals surface area contributed by atoms with Crippen LogP contribution in [0.4, 0.5) is 5.69 Å². The van der Waals surface area contributed by atoms with Gasteiger partial charge in [0.05, 0.1) is 28.6 Å². The van der Waals surface area contributed by atoms with Crippen LogP contribution in [0.15, 0.2) is 60.8 Å². The maximum atomic E-state index is 12.4. The zero-order chi connectivity index (χ0) is 18.5. The molecule has 0 bridgehead atoms. The van der Waals surface area contributed by atoms with E-state index in [9.17, 15) is 4.79 Å². The van der Waals surface area contributed by atoms with Gasteiger partial charge in [0.2, 0.25) is 5.91 Å². The molecular weight excluding hydrogens is 376 g/mol. The molecule has 4 rings (SSSR count). The number of nitrogens with one attached hydrogen (secondary N) is 1. The van der Waals surface area contributed by atoms with Crippen LogP contribution in [0.5, 0.6) is 0 Å². The number of thioether (sulfide) groups is 2. The zero-order valence-corrected chi connectivity index (χ0v) is 16.4. The van der Waals surface area contributed by atoms with Gasteiger partial charge in [0.25, 0.3) is 0 Å². The molecule has 7 heteroatoms. The Hall–Kier alpha value is -2.25. The molecule has 1 aromatic heterocycles. The van der Waals surface area contributed by atoms with Gasteiger partial charge in [-0.15, -0.1) is 23.5 Å². The summed E-state index contributed by atoms with van der Waals surface area (Å²) in [6.07, 6.45) is 3.11. The van der Waals surface area contributed by atoms with Crippen molar-refractivity contribution in [1.82, 2.24) is 15.0 Å². The third kappa shape index (κ3) is 4.73. The second kappa shape index (κ2) is 8.63. The Kier molecular flexibility index (Phi) is 5.79. The van der Waals surface area contributed by atoms with E-state index < -0.39 is 0 Å². The molecule has 1 saturated heterocycles. The molecule has 27 heavy (non-hydrogen) atoms. The fourth-order valence-electron chi connectivity index (χ4n) is 2.87. The van der Waals surface area contributed by atoms with Gasteiger partial charge < -0.3 is 5.32 Å². The van der Waals surface area contributed by atoms with Crippen LogP contribution in [-0.4, -0.2) is 32.4 Å². The lowest BCUT2D eigenvalue weighted by molar-refractivity contribution is -0.115. The number of amides is 1. The predicted molar refractivity (Wildman–Crippen MR) is 112 cm³/mol. The van der Waals surface area contributed by atoms with E-state index in [1.807, 2.05) is 66.0 Å². The molecule has 2 heterocycles. The summed E-state index contributed by atoms with van der Waals surface area (Å²) in [6.45, 7) is 0. The van der Waals surface area contributed by atoms with Crippen LogP contribution in [-0.2, 0) is 11.2 Å². The first-order chi connectivity index (χ1) is 13.3. The first kappa shape index (κ1) is 18.1. The molecule has 138 valence electrons. The van der Waals surface area contributed by atoms with Crippen molar-refractivity contribution in [2.24, 2.45) is 0 Å². The first-order valence-corrected chi connectivity index (χ1v) is 11.0.